The van der Waals surface area contributed by atoms with E-state index in [-0.39, 0.29) is 34.7 Å². The maximum absolute atomic E-state index is 11.8. The van der Waals surface area contributed by atoms with Crippen LogP contribution in [0.4, 0.5) is 11.4 Å². The number of aliphatic hydroxyl groups is 1. The first-order valence-electron chi connectivity index (χ1n) is 9.06. The van der Waals surface area contributed by atoms with Crippen LogP contribution in [0.2, 0.25) is 0 Å². The van der Waals surface area contributed by atoms with Gasteiger partial charge in [-0.1, -0.05) is 6.42 Å². The summed E-state index contributed by atoms with van der Waals surface area (Å²) in [6.45, 7) is 0.122. The Bertz CT molecular complexity index is 1110. The van der Waals surface area contributed by atoms with Gasteiger partial charge >= 0.3 is 11.7 Å². The summed E-state index contributed by atoms with van der Waals surface area (Å²) in [7, 11) is 0. The Balaban J connectivity index is 1.41. The van der Waals surface area contributed by atoms with Crippen LogP contribution in [0.3, 0.4) is 0 Å². The number of carbonyl (C=O) groups is 1. The second kappa shape index (κ2) is 9.60. The van der Waals surface area contributed by atoms with E-state index in [0.29, 0.717) is 31.5 Å². The first-order chi connectivity index (χ1) is 14.5. The van der Waals surface area contributed by atoms with E-state index < -0.39 is 22.9 Å². The number of hydrogen-bond donors (Lipinski definition) is 2. The van der Waals surface area contributed by atoms with E-state index in [1.54, 1.807) is 0 Å². The van der Waals surface area contributed by atoms with Gasteiger partial charge in [-0.05, 0) is 29.2 Å². The Morgan fingerprint density at radius 3 is 2.77 bits per heavy atom. The van der Waals surface area contributed by atoms with E-state index in [1.165, 1.54) is 12.1 Å². The second-order valence-electron chi connectivity index (χ2n) is 6.30. The average molecular weight is 418 g/mol. The Kier molecular flexibility index (Phi) is 6.70. The molecule has 0 saturated carbocycles. The molecule has 158 valence electrons. The Hall–Kier alpha value is -3.80. The van der Waals surface area contributed by atoms with Crippen LogP contribution in [0, 0.1) is 10.1 Å². The van der Waals surface area contributed by atoms with Gasteiger partial charge in [0.05, 0.1) is 10.6 Å². The Morgan fingerprint density at radius 1 is 1.23 bits per heavy atom. The number of nitrogens with zero attached hydrogens (tertiary/aromatic N) is 3. The minimum Gasteiger partial charge on any atom is -0.463 e. The highest BCUT2D eigenvalue weighted by Crippen LogP contribution is 2.28. The van der Waals surface area contributed by atoms with Gasteiger partial charge in [-0.2, -0.15) is 0 Å². The summed E-state index contributed by atoms with van der Waals surface area (Å²) in [5, 5.41) is 30.2. The minimum atomic E-state index is -0.558. The lowest BCUT2D eigenvalue weighted by Crippen LogP contribution is -2.14. The SMILES string of the molecule is O=C(CCCCCNc1ccc([N+](=O)[O-])c2nonc12)Oc1coc(CO)cc1=O. The van der Waals surface area contributed by atoms with Gasteiger partial charge in [0.25, 0.3) is 0 Å². The molecule has 3 aromatic rings. The summed E-state index contributed by atoms with van der Waals surface area (Å²) in [6.07, 6.45) is 3.08. The highest BCUT2D eigenvalue weighted by atomic mass is 16.6. The summed E-state index contributed by atoms with van der Waals surface area (Å²) < 4.78 is 14.5. The number of benzene rings is 1. The number of esters is 1. The molecule has 2 heterocycles. The number of nitro groups is 1. The van der Waals surface area contributed by atoms with E-state index in [4.69, 9.17) is 14.3 Å². The zero-order valence-electron chi connectivity index (χ0n) is 15.7. The number of aliphatic hydroxyl groups excluding tert-OH is 1. The van der Waals surface area contributed by atoms with Crippen LogP contribution in [-0.2, 0) is 11.4 Å². The number of carbonyl (C=O) groups excluding carboxylic acids is 1. The van der Waals surface area contributed by atoms with Crippen molar-refractivity contribution in [1.29, 1.82) is 0 Å². The maximum atomic E-state index is 11.8. The van der Waals surface area contributed by atoms with Crippen LogP contribution < -0.4 is 15.5 Å². The summed E-state index contributed by atoms with van der Waals surface area (Å²) in [5.41, 5.74) is 0.187. The molecule has 0 saturated heterocycles. The van der Waals surface area contributed by atoms with E-state index in [2.05, 4.69) is 20.3 Å². The molecule has 2 N–H and O–H groups in total. The molecule has 0 amide bonds. The van der Waals surface area contributed by atoms with Crippen LogP contribution in [0.25, 0.3) is 11.0 Å². The molecule has 12 nitrogen and oxygen atoms in total. The number of anilines is 1. The van der Waals surface area contributed by atoms with Crippen LogP contribution in [0.15, 0.2) is 38.3 Å². The third-order valence-electron chi connectivity index (χ3n) is 4.20. The summed E-state index contributed by atoms with van der Waals surface area (Å²) in [5.74, 6) is -0.695. The van der Waals surface area contributed by atoms with Crippen molar-refractivity contribution in [3.8, 4) is 5.75 Å². The molecular formula is C18H18N4O8. The molecule has 0 unspecified atom stereocenters. The molecule has 12 heteroatoms. The molecule has 0 atom stereocenters. The average Bonchev–Trinajstić information content (AvgIpc) is 3.21. The van der Waals surface area contributed by atoms with E-state index in [0.717, 1.165) is 12.3 Å². The topological polar surface area (TPSA) is 171 Å². The van der Waals surface area contributed by atoms with Crippen LogP contribution in [0.5, 0.6) is 5.75 Å². The van der Waals surface area contributed by atoms with Gasteiger partial charge in [0.2, 0.25) is 16.7 Å². The fourth-order valence-electron chi connectivity index (χ4n) is 2.71. The van der Waals surface area contributed by atoms with E-state index in [1.807, 2.05) is 0 Å². The Labute approximate surface area is 168 Å². The van der Waals surface area contributed by atoms with Gasteiger partial charge in [0, 0.05) is 25.1 Å². The van der Waals surface area contributed by atoms with E-state index >= 15 is 0 Å². The Morgan fingerprint density at radius 2 is 2.03 bits per heavy atom. The van der Waals surface area contributed by atoms with Gasteiger partial charge in [-0.15, -0.1) is 0 Å². The number of hydrogen-bond acceptors (Lipinski definition) is 11. The van der Waals surface area contributed by atoms with Crippen molar-refractivity contribution in [2.75, 3.05) is 11.9 Å². The quantitative estimate of drug-likeness (QED) is 0.214. The first kappa shape index (κ1) is 20.9. The normalized spacial score (nSPS) is 10.8. The van der Waals surface area contributed by atoms with Gasteiger partial charge in [0.1, 0.15) is 18.6 Å². The molecule has 0 aliphatic carbocycles. The molecule has 0 aliphatic heterocycles. The molecule has 30 heavy (non-hydrogen) atoms. The van der Waals surface area contributed by atoms with Crippen LogP contribution in [0.1, 0.15) is 31.4 Å². The fraction of sp³-hybridized carbons (Fsp3) is 0.333. The molecule has 0 fully saturated rings. The number of nitrogens with one attached hydrogen (secondary N) is 1. The zero-order valence-corrected chi connectivity index (χ0v) is 15.7. The number of nitro benzene ring substituents is 1. The third-order valence-corrected chi connectivity index (χ3v) is 4.20. The smallest absolute Gasteiger partial charge is 0.311 e. The number of unbranched alkanes of at least 4 members (excludes halogenated alkanes) is 2. The number of rotatable bonds is 10. The van der Waals surface area contributed by atoms with E-state index in [9.17, 15) is 19.7 Å². The zero-order chi connectivity index (χ0) is 21.5. The maximum Gasteiger partial charge on any atom is 0.311 e. The van der Waals surface area contributed by atoms with Gasteiger partial charge in [-0.3, -0.25) is 19.7 Å². The molecule has 0 radical (unpaired) electrons. The molecule has 0 bridgehead atoms. The van der Waals surface area contributed by atoms with Gasteiger partial charge in [-0.25, -0.2) is 4.63 Å². The number of ether oxygens (including phenoxy) is 1. The molecule has 0 aliphatic rings. The fourth-order valence-corrected chi connectivity index (χ4v) is 2.71. The number of non-ortho nitro benzene ring substituents is 1. The van der Waals surface area contributed by atoms with Crippen molar-refractivity contribution in [2.24, 2.45) is 0 Å². The van der Waals surface area contributed by atoms with Crippen molar-refractivity contribution in [1.82, 2.24) is 10.3 Å². The van der Waals surface area contributed by atoms with Gasteiger partial charge in [0.15, 0.2) is 5.52 Å². The van der Waals surface area contributed by atoms with Crippen molar-refractivity contribution < 1.29 is 28.6 Å². The summed E-state index contributed by atoms with van der Waals surface area (Å²) in [4.78, 5) is 34.0. The third kappa shape index (κ3) is 4.97. The lowest BCUT2D eigenvalue weighted by atomic mass is 10.2. The predicted octanol–water partition coefficient (Wildman–Crippen LogP) is 2.15. The number of aromatic nitrogens is 2. The van der Waals surface area contributed by atoms with Crippen LogP contribution in [-0.4, -0.2) is 32.9 Å². The van der Waals surface area contributed by atoms with Crippen molar-refractivity contribution in [3.05, 3.63) is 50.6 Å². The molecule has 1 aromatic carbocycles. The standard InChI is InChI=1S/C18H18N4O8/c23-9-11-8-14(24)15(10-28-11)29-16(25)4-2-1-3-7-19-12-5-6-13(22(26)27)18-17(12)20-30-21-18/h5-6,8,10,19,23H,1-4,7,9H2. The molecule has 3 rings (SSSR count). The first-order valence-corrected chi connectivity index (χ1v) is 9.06. The van der Waals surface area contributed by atoms with Gasteiger partial charge < -0.3 is 19.6 Å². The minimum absolute atomic E-state index is 0.0734. The lowest BCUT2D eigenvalue weighted by Gasteiger charge is -2.06. The van der Waals surface area contributed by atoms with Crippen molar-refractivity contribution in [2.45, 2.75) is 32.3 Å². The summed E-state index contributed by atoms with van der Waals surface area (Å²) in [6, 6.07) is 3.93. The molecule has 0 spiro atoms. The molecular weight excluding hydrogens is 400 g/mol. The number of fused-ring (bicyclic) bond motifs is 1. The molecule has 2 aromatic heterocycles. The van der Waals surface area contributed by atoms with Crippen molar-refractivity contribution in [3.63, 3.8) is 0 Å². The summed E-state index contributed by atoms with van der Waals surface area (Å²) >= 11 is 0. The predicted molar refractivity (Wildman–Crippen MR) is 102 cm³/mol. The highest BCUT2D eigenvalue weighted by Gasteiger charge is 2.19. The second-order valence-corrected chi connectivity index (χ2v) is 6.30. The lowest BCUT2D eigenvalue weighted by molar-refractivity contribution is -0.383. The van der Waals surface area contributed by atoms with Crippen molar-refractivity contribution >= 4 is 28.4 Å². The van der Waals surface area contributed by atoms with Crippen LogP contribution >= 0.6 is 0 Å². The highest BCUT2D eigenvalue weighted by molar-refractivity contribution is 5.93. The monoisotopic (exact) mass is 418 g/mol. The largest absolute Gasteiger partial charge is 0.463 e.